The van der Waals surface area contributed by atoms with Crippen molar-refractivity contribution in [1.82, 2.24) is 4.90 Å². The Kier molecular flexibility index (Phi) is 6.65. The van der Waals surface area contributed by atoms with Crippen molar-refractivity contribution in [3.8, 4) is 5.75 Å². The Labute approximate surface area is 190 Å². The number of aliphatic hydroxyl groups is 2. The summed E-state index contributed by atoms with van der Waals surface area (Å²) in [6.45, 7) is 2.23. The fourth-order valence-corrected chi connectivity index (χ4v) is 4.82. The highest BCUT2D eigenvalue weighted by Gasteiger charge is 2.39. The number of rotatable bonds is 8. The van der Waals surface area contributed by atoms with Crippen LogP contribution in [0.15, 0.2) is 30.3 Å². The molecule has 8 heteroatoms. The number of carbonyl (C=O) groups excluding carboxylic acids is 2. The molecule has 2 aliphatic rings. The predicted octanol–water partition coefficient (Wildman–Crippen LogP) is 2.57. The molecule has 0 saturated carbocycles. The fraction of sp³-hybridized carbons (Fsp3) is 0.391. The van der Waals surface area contributed by atoms with E-state index < -0.39 is 12.2 Å². The Hall–Kier alpha value is -1.96. The number of halogens is 2. The zero-order chi connectivity index (χ0) is 22.1. The molecule has 2 unspecified atom stereocenters. The minimum absolute atomic E-state index is 0.128. The molecule has 2 atom stereocenters. The largest absolute Gasteiger partial charge is 0.491 e. The van der Waals surface area contributed by atoms with Crippen LogP contribution in [0.4, 0.5) is 0 Å². The molecule has 0 saturated heterocycles. The van der Waals surface area contributed by atoms with Crippen LogP contribution in [0.5, 0.6) is 5.75 Å². The lowest BCUT2D eigenvalue weighted by atomic mass is 9.80. The molecule has 31 heavy (non-hydrogen) atoms. The van der Waals surface area contributed by atoms with E-state index in [1.807, 2.05) is 0 Å². The maximum absolute atomic E-state index is 13.5. The summed E-state index contributed by atoms with van der Waals surface area (Å²) in [6, 6.07) is 8.17. The maximum atomic E-state index is 13.5. The third kappa shape index (κ3) is 3.99. The zero-order valence-electron chi connectivity index (χ0n) is 16.8. The molecule has 0 aromatic heterocycles. The molecule has 0 aliphatic heterocycles. The van der Waals surface area contributed by atoms with Gasteiger partial charge in [-0.3, -0.25) is 14.5 Å². The molecule has 2 aromatic carbocycles. The molecule has 0 bridgehead atoms. The van der Waals surface area contributed by atoms with Crippen molar-refractivity contribution in [2.45, 2.75) is 18.6 Å². The Bertz CT molecular complexity index is 1020. The van der Waals surface area contributed by atoms with Gasteiger partial charge in [-0.2, -0.15) is 0 Å². The molecule has 2 aliphatic carbocycles. The van der Waals surface area contributed by atoms with Crippen LogP contribution in [-0.4, -0.2) is 70.8 Å². The average Bonchev–Trinajstić information content (AvgIpc) is 3.05. The van der Waals surface area contributed by atoms with Gasteiger partial charge in [0.1, 0.15) is 18.5 Å². The molecular weight excluding hydrogens is 441 g/mol. The number of benzene rings is 2. The summed E-state index contributed by atoms with van der Waals surface area (Å²) >= 11 is 11.7. The standard InChI is InChI=1S/C23H23Cl2NO5/c24-6-8-26(9-7-25)10-11-31-18-3-1-2-14-20(18)23(30)19-15(21(14)28)5-4-13-16(19)12-17(27)22(13)29/h1-5,17,22,27,29H,6-12H2. The number of hydrogen-bond donors (Lipinski definition) is 2. The van der Waals surface area contributed by atoms with E-state index in [0.717, 1.165) is 0 Å². The van der Waals surface area contributed by atoms with Gasteiger partial charge in [0, 0.05) is 54.5 Å². The highest BCUT2D eigenvalue weighted by atomic mass is 35.5. The minimum atomic E-state index is -1.06. The quantitative estimate of drug-likeness (QED) is 0.499. The fourth-order valence-electron chi connectivity index (χ4n) is 4.34. The van der Waals surface area contributed by atoms with Crippen LogP contribution in [0, 0.1) is 0 Å². The number of carbonyl (C=O) groups is 2. The van der Waals surface area contributed by atoms with Gasteiger partial charge in [0.05, 0.1) is 11.7 Å². The van der Waals surface area contributed by atoms with Crippen LogP contribution in [-0.2, 0) is 6.42 Å². The number of fused-ring (bicyclic) bond motifs is 4. The molecule has 164 valence electrons. The van der Waals surface area contributed by atoms with Gasteiger partial charge in [0.15, 0.2) is 11.6 Å². The van der Waals surface area contributed by atoms with Gasteiger partial charge in [-0.05, 0) is 23.3 Å². The van der Waals surface area contributed by atoms with Crippen molar-refractivity contribution in [1.29, 1.82) is 0 Å². The second kappa shape index (κ2) is 9.27. The molecule has 0 radical (unpaired) electrons. The number of ether oxygens (including phenoxy) is 1. The summed E-state index contributed by atoms with van der Waals surface area (Å²) in [4.78, 5) is 28.7. The average molecular weight is 464 g/mol. The normalized spacial score (nSPS) is 19.4. The Balaban J connectivity index is 1.65. The molecule has 2 N–H and O–H groups in total. The van der Waals surface area contributed by atoms with Gasteiger partial charge in [0.25, 0.3) is 0 Å². The summed E-state index contributed by atoms with van der Waals surface area (Å²) in [5.41, 5.74) is 2.11. The van der Waals surface area contributed by atoms with Crippen LogP contribution in [0.25, 0.3) is 0 Å². The molecular formula is C23H23Cl2NO5. The molecule has 6 nitrogen and oxygen atoms in total. The van der Waals surface area contributed by atoms with E-state index in [2.05, 4.69) is 4.90 Å². The van der Waals surface area contributed by atoms with Gasteiger partial charge < -0.3 is 14.9 Å². The summed E-state index contributed by atoms with van der Waals surface area (Å²) in [7, 11) is 0. The number of nitrogens with zero attached hydrogens (tertiary/aromatic N) is 1. The molecule has 2 aromatic rings. The Morgan fingerprint density at radius 1 is 0.935 bits per heavy atom. The lowest BCUT2D eigenvalue weighted by Gasteiger charge is -2.24. The SMILES string of the molecule is O=C1c2cccc(OCCN(CCCl)CCCl)c2C(=O)c2c1ccc1c2CC(O)C1O. The minimum Gasteiger partial charge on any atom is -0.491 e. The van der Waals surface area contributed by atoms with Crippen molar-refractivity contribution in [2.24, 2.45) is 0 Å². The van der Waals surface area contributed by atoms with Gasteiger partial charge in [-0.25, -0.2) is 0 Å². The van der Waals surface area contributed by atoms with E-state index >= 15 is 0 Å². The van der Waals surface area contributed by atoms with E-state index in [4.69, 9.17) is 27.9 Å². The third-order valence-corrected chi connectivity index (χ3v) is 6.22. The third-order valence-electron chi connectivity index (χ3n) is 5.88. The van der Waals surface area contributed by atoms with Crippen LogP contribution in [0.2, 0.25) is 0 Å². The summed E-state index contributed by atoms with van der Waals surface area (Å²) in [5, 5.41) is 20.3. The monoisotopic (exact) mass is 463 g/mol. The second-order valence-electron chi connectivity index (χ2n) is 7.68. The van der Waals surface area contributed by atoms with Crippen LogP contribution in [0.1, 0.15) is 49.1 Å². The first kappa shape index (κ1) is 22.2. The second-order valence-corrected chi connectivity index (χ2v) is 8.43. The number of hydrogen-bond acceptors (Lipinski definition) is 6. The molecule has 0 spiro atoms. The number of ketones is 2. The summed E-state index contributed by atoms with van der Waals surface area (Å²) in [6.07, 6.45) is -1.93. The first-order chi connectivity index (χ1) is 15.0. The maximum Gasteiger partial charge on any atom is 0.198 e. The van der Waals surface area contributed by atoms with E-state index in [-0.39, 0.29) is 29.1 Å². The van der Waals surface area contributed by atoms with E-state index in [0.29, 0.717) is 66.0 Å². The van der Waals surface area contributed by atoms with Crippen LogP contribution >= 0.6 is 23.2 Å². The van der Waals surface area contributed by atoms with E-state index in [1.165, 1.54) is 0 Å². The summed E-state index contributed by atoms with van der Waals surface area (Å²) < 4.78 is 5.92. The molecule has 0 fully saturated rings. The molecule has 0 heterocycles. The topological polar surface area (TPSA) is 87.1 Å². The van der Waals surface area contributed by atoms with E-state index in [9.17, 15) is 19.8 Å². The van der Waals surface area contributed by atoms with Crippen molar-refractivity contribution < 1.29 is 24.5 Å². The zero-order valence-corrected chi connectivity index (χ0v) is 18.3. The van der Waals surface area contributed by atoms with Gasteiger partial charge >= 0.3 is 0 Å². The van der Waals surface area contributed by atoms with E-state index in [1.54, 1.807) is 30.3 Å². The van der Waals surface area contributed by atoms with Gasteiger partial charge in [-0.1, -0.05) is 18.2 Å². The lowest BCUT2D eigenvalue weighted by molar-refractivity contribution is 0.0326. The Morgan fingerprint density at radius 3 is 2.35 bits per heavy atom. The Morgan fingerprint density at radius 2 is 1.65 bits per heavy atom. The van der Waals surface area contributed by atoms with Crippen molar-refractivity contribution >= 4 is 34.8 Å². The van der Waals surface area contributed by atoms with Crippen molar-refractivity contribution in [2.75, 3.05) is 38.0 Å². The van der Waals surface area contributed by atoms with Crippen LogP contribution in [0.3, 0.4) is 0 Å². The molecule has 4 rings (SSSR count). The molecule has 0 amide bonds. The lowest BCUT2D eigenvalue weighted by Crippen LogP contribution is -2.32. The highest BCUT2D eigenvalue weighted by Crippen LogP contribution is 2.41. The van der Waals surface area contributed by atoms with Crippen LogP contribution < -0.4 is 4.74 Å². The van der Waals surface area contributed by atoms with Crippen molar-refractivity contribution in [3.63, 3.8) is 0 Å². The van der Waals surface area contributed by atoms with Crippen molar-refractivity contribution in [3.05, 3.63) is 63.7 Å². The summed E-state index contributed by atoms with van der Waals surface area (Å²) in [5.74, 6) is 0.709. The first-order valence-corrected chi connectivity index (χ1v) is 11.3. The number of alkyl halides is 2. The number of aliphatic hydroxyl groups excluding tert-OH is 2. The first-order valence-electron chi connectivity index (χ1n) is 10.2. The highest BCUT2D eigenvalue weighted by molar-refractivity contribution is 6.30. The van der Waals surface area contributed by atoms with Gasteiger partial charge in [-0.15, -0.1) is 23.2 Å². The smallest absolute Gasteiger partial charge is 0.198 e. The predicted molar refractivity (Wildman–Crippen MR) is 118 cm³/mol. The van der Waals surface area contributed by atoms with Gasteiger partial charge in [0.2, 0.25) is 0 Å².